The first-order valence-electron chi connectivity index (χ1n) is 14.4. The minimum Gasteiger partial charge on any atom is -1.00 e. The summed E-state index contributed by atoms with van der Waals surface area (Å²) < 4.78 is 20.2. The highest BCUT2D eigenvalue weighted by atomic mass is 79.9. The molecule has 0 aliphatic rings. The van der Waals surface area contributed by atoms with Crippen molar-refractivity contribution in [2.75, 3.05) is 14.2 Å². The molecule has 3 aromatic carbocycles. The molecule has 0 amide bonds. The minimum atomic E-state index is 0. The Hall–Kier alpha value is -3.88. The summed E-state index contributed by atoms with van der Waals surface area (Å²) >= 11 is 0. The fraction of sp³-hybridized carbons (Fsp3) is 0.222. The van der Waals surface area contributed by atoms with Crippen LogP contribution in [0.1, 0.15) is 22.5 Å². The van der Waals surface area contributed by atoms with Gasteiger partial charge in [-0.15, -0.1) is 0 Å². The van der Waals surface area contributed by atoms with Crippen LogP contribution < -0.4 is 52.6 Å². The maximum atomic E-state index is 5.48. The van der Waals surface area contributed by atoms with Crippen molar-refractivity contribution in [2.24, 2.45) is 14.1 Å². The highest BCUT2D eigenvalue weighted by Crippen LogP contribution is 2.32. The Morgan fingerprint density at radius 2 is 0.932 bits per heavy atom. The van der Waals surface area contributed by atoms with Gasteiger partial charge < -0.3 is 52.6 Å². The lowest BCUT2D eigenvalue weighted by molar-refractivity contribution is -0.693. The molecular formula is C36H36Br2N4O2. The molecule has 4 heterocycles. The Labute approximate surface area is 278 Å². The number of fused-ring (bicyclic) bond motifs is 6. The fourth-order valence-electron chi connectivity index (χ4n) is 6.67. The predicted molar refractivity (Wildman–Crippen MR) is 168 cm³/mol. The van der Waals surface area contributed by atoms with E-state index in [1.165, 1.54) is 66.1 Å². The van der Waals surface area contributed by atoms with E-state index in [4.69, 9.17) is 9.47 Å². The lowest BCUT2D eigenvalue weighted by Gasteiger charge is -2.06. The zero-order valence-electron chi connectivity index (χ0n) is 25.9. The Bertz CT molecular complexity index is 2010. The van der Waals surface area contributed by atoms with E-state index in [-0.39, 0.29) is 34.0 Å². The summed E-state index contributed by atoms with van der Waals surface area (Å²) in [4.78, 5) is 0. The van der Waals surface area contributed by atoms with Crippen molar-refractivity contribution in [1.29, 1.82) is 0 Å². The van der Waals surface area contributed by atoms with Crippen LogP contribution in [-0.4, -0.2) is 23.4 Å². The van der Waals surface area contributed by atoms with Crippen LogP contribution in [0.15, 0.2) is 85.2 Å². The molecule has 226 valence electrons. The third-order valence-corrected chi connectivity index (χ3v) is 9.01. The minimum absolute atomic E-state index is 0. The molecule has 0 saturated heterocycles. The van der Waals surface area contributed by atoms with Crippen molar-refractivity contribution >= 4 is 43.6 Å². The van der Waals surface area contributed by atoms with E-state index in [9.17, 15) is 0 Å². The van der Waals surface area contributed by atoms with E-state index in [2.05, 4.69) is 119 Å². The van der Waals surface area contributed by atoms with Gasteiger partial charge in [0, 0.05) is 84.9 Å². The van der Waals surface area contributed by atoms with Crippen LogP contribution in [0.5, 0.6) is 11.5 Å². The first kappa shape index (κ1) is 31.5. The van der Waals surface area contributed by atoms with Gasteiger partial charge in [-0.3, -0.25) is 0 Å². The number of ether oxygens (including phenoxy) is 2. The lowest BCUT2D eigenvalue weighted by atomic mass is 10.1. The van der Waals surface area contributed by atoms with Crippen LogP contribution in [-0.2, 0) is 27.2 Å². The van der Waals surface area contributed by atoms with Crippen LogP contribution in [0, 0.1) is 13.8 Å². The van der Waals surface area contributed by atoms with E-state index in [0.29, 0.717) is 0 Å². The lowest BCUT2D eigenvalue weighted by Crippen LogP contribution is -3.00. The number of pyridine rings is 2. The monoisotopic (exact) mass is 714 g/mol. The van der Waals surface area contributed by atoms with Gasteiger partial charge in [-0.2, -0.15) is 9.13 Å². The Balaban J connectivity index is 0.00000192. The van der Waals surface area contributed by atoms with Crippen molar-refractivity contribution in [3.05, 3.63) is 108 Å². The van der Waals surface area contributed by atoms with Crippen molar-refractivity contribution in [3.8, 4) is 11.5 Å². The normalized spacial score (nSPS) is 11.2. The van der Waals surface area contributed by atoms with Crippen LogP contribution in [0.4, 0.5) is 0 Å². The number of nitrogens with zero attached hydrogens (tertiary/aromatic N) is 4. The number of methoxy groups -OCH3 is 2. The molecule has 0 N–H and O–H groups in total. The zero-order valence-corrected chi connectivity index (χ0v) is 29.0. The van der Waals surface area contributed by atoms with Crippen molar-refractivity contribution < 1.29 is 52.6 Å². The standard InChI is InChI=1S/C36H36N4O2.2BrH/c1-23-35-31(29-13-11-27(41-5)19-33(29)37(35)3)15-17-39(23)21-25-7-9-26(10-8-25)22-40-18-16-32-30-14-12-28(42-6)20-34(30)38(4)36(32)24(40)2;;/h7-20H,21-22H2,1-6H3;2*1H/q+2;;/p-2. The van der Waals surface area contributed by atoms with Gasteiger partial charge in [-0.05, 0) is 24.3 Å². The summed E-state index contributed by atoms with van der Waals surface area (Å²) in [6.45, 7) is 6.08. The van der Waals surface area contributed by atoms with Gasteiger partial charge in [0.2, 0.25) is 11.4 Å². The quantitative estimate of drug-likeness (QED) is 0.233. The Kier molecular flexibility index (Phi) is 8.78. The second kappa shape index (κ2) is 12.3. The first-order valence-corrected chi connectivity index (χ1v) is 14.4. The van der Waals surface area contributed by atoms with E-state index >= 15 is 0 Å². The highest BCUT2D eigenvalue weighted by Gasteiger charge is 2.20. The van der Waals surface area contributed by atoms with Crippen LogP contribution >= 0.6 is 0 Å². The first-order chi connectivity index (χ1) is 20.4. The molecule has 0 spiro atoms. The second-order valence-electron chi connectivity index (χ2n) is 11.3. The van der Waals surface area contributed by atoms with Gasteiger partial charge in [0.05, 0.1) is 25.3 Å². The largest absolute Gasteiger partial charge is 1.00 e. The molecule has 0 aliphatic carbocycles. The number of aromatic nitrogens is 4. The van der Waals surface area contributed by atoms with E-state index < -0.39 is 0 Å². The molecule has 6 nitrogen and oxygen atoms in total. The summed E-state index contributed by atoms with van der Waals surface area (Å²) in [6.07, 6.45) is 4.42. The summed E-state index contributed by atoms with van der Waals surface area (Å²) in [5, 5.41) is 5.05. The molecular weight excluding hydrogens is 680 g/mol. The highest BCUT2D eigenvalue weighted by molar-refractivity contribution is 6.09. The summed E-state index contributed by atoms with van der Waals surface area (Å²) in [6, 6.07) is 26.2. The van der Waals surface area contributed by atoms with Gasteiger partial charge in [-0.1, -0.05) is 24.3 Å². The van der Waals surface area contributed by atoms with Gasteiger partial charge in [0.1, 0.15) is 22.5 Å². The van der Waals surface area contributed by atoms with E-state index in [1.54, 1.807) is 14.2 Å². The summed E-state index contributed by atoms with van der Waals surface area (Å²) in [5.74, 6) is 1.76. The van der Waals surface area contributed by atoms with Crippen LogP contribution in [0.25, 0.3) is 43.6 Å². The number of aryl methyl sites for hydroxylation is 4. The Morgan fingerprint density at radius 3 is 1.30 bits per heavy atom. The number of benzene rings is 3. The zero-order chi connectivity index (χ0) is 29.1. The third-order valence-electron chi connectivity index (χ3n) is 9.01. The number of hydrogen-bond acceptors (Lipinski definition) is 2. The number of hydrogen-bond donors (Lipinski definition) is 0. The third kappa shape index (κ3) is 5.04. The molecule has 4 aromatic heterocycles. The molecule has 0 atom stereocenters. The maximum Gasteiger partial charge on any atom is 0.203 e. The summed E-state index contributed by atoms with van der Waals surface area (Å²) in [7, 11) is 7.72. The van der Waals surface area contributed by atoms with Gasteiger partial charge >= 0.3 is 0 Å². The molecule has 7 aromatic rings. The number of halogens is 2. The molecule has 7 rings (SSSR count). The van der Waals surface area contributed by atoms with Gasteiger partial charge in [-0.25, -0.2) is 0 Å². The topological polar surface area (TPSA) is 36.1 Å². The van der Waals surface area contributed by atoms with Crippen molar-refractivity contribution in [2.45, 2.75) is 26.9 Å². The SMILES string of the molecule is COc1ccc2c3cc[n+](Cc4ccc(C[n+]5ccc6c7ccc(OC)cc7n(C)c6c5C)cc4)c(C)c3n(C)c2c1.[Br-].[Br-]. The van der Waals surface area contributed by atoms with Gasteiger partial charge in [0.25, 0.3) is 0 Å². The smallest absolute Gasteiger partial charge is 0.203 e. The van der Waals surface area contributed by atoms with Crippen LogP contribution in [0.2, 0.25) is 0 Å². The molecule has 0 aliphatic heterocycles. The summed E-state index contributed by atoms with van der Waals surface area (Å²) in [5.41, 5.74) is 9.95. The number of rotatable bonds is 6. The van der Waals surface area contributed by atoms with E-state index in [1.807, 2.05) is 12.1 Å². The average molecular weight is 717 g/mol. The predicted octanol–water partition coefficient (Wildman–Crippen LogP) is 0.290. The Morgan fingerprint density at radius 1 is 0.545 bits per heavy atom. The average Bonchev–Trinajstić information content (AvgIpc) is 3.47. The second-order valence-corrected chi connectivity index (χ2v) is 11.3. The molecule has 0 saturated carbocycles. The van der Waals surface area contributed by atoms with Gasteiger partial charge in [0.15, 0.2) is 25.5 Å². The van der Waals surface area contributed by atoms with Crippen molar-refractivity contribution in [3.63, 3.8) is 0 Å². The van der Waals surface area contributed by atoms with Crippen LogP contribution in [0.3, 0.4) is 0 Å². The van der Waals surface area contributed by atoms with E-state index in [0.717, 1.165) is 24.6 Å². The fourth-order valence-corrected chi connectivity index (χ4v) is 6.67. The maximum absolute atomic E-state index is 5.48. The molecule has 8 heteroatoms. The molecule has 44 heavy (non-hydrogen) atoms. The van der Waals surface area contributed by atoms with Crippen molar-refractivity contribution in [1.82, 2.24) is 9.13 Å². The molecule has 0 radical (unpaired) electrons. The molecule has 0 bridgehead atoms. The molecule has 0 fully saturated rings. The molecule has 0 unspecified atom stereocenters.